The first-order valence-electron chi connectivity index (χ1n) is 5.53. The third-order valence-corrected chi connectivity index (χ3v) is 2.01. The highest BCUT2D eigenvalue weighted by Gasteiger charge is 2.03. The van der Waals surface area contributed by atoms with Gasteiger partial charge in [0.2, 0.25) is 0 Å². The summed E-state index contributed by atoms with van der Waals surface area (Å²) in [5, 5.41) is 0. The lowest BCUT2D eigenvalue weighted by molar-refractivity contribution is 0.631. The summed E-state index contributed by atoms with van der Waals surface area (Å²) in [6.45, 7) is 8.41. The lowest BCUT2D eigenvalue weighted by atomic mass is 10.1. The minimum absolute atomic E-state index is 0.653. The zero-order valence-electron chi connectivity index (χ0n) is 9.94. The Labute approximate surface area is 91.2 Å². The molecule has 0 aliphatic heterocycles. The Morgan fingerprint density at radius 3 is 2.73 bits per heavy atom. The predicted molar refractivity (Wildman–Crippen MR) is 62.9 cm³/mol. The van der Waals surface area contributed by atoms with E-state index in [1.165, 1.54) is 5.69 Å². The molecule has 0 N–H and O–H groups in total. The topological polar surface area (TPSA) is 30.2 Å². The Morgan fingerprint density at radius 2 is 2.07 bits per heavy atom. The molecule has 15 heavy (non-hydrogen) atoms. The predicted octanol–water partition coefficient (Wildman–Crippen LogP) is 2.95. The van der Waals surface area contributed by atoms with Gasteiger partial charge in [0.25, 0.3) is 0 Å². The molecular formula is C12H19N3. The Kier molecular flexibility index (Phi) is 4.28. The van der Waals surface area contributed by atoms with Crippen LogP contribution in [-0.2, 0) is 6.42 Å². The number of aromatic nitrogens is 3. The van der Waals surface area contributed by atoms with Crippen molar-refractivity contribution < 1.29 is 0 Å². The van der Waals surface area contributed by atoms with Crippen LogP contribution in [0.4, 0.5) is 0 Å². The second-order valence-corrected chi connectivity index (χ2v) is 3.66. The maximum absolute atomic E-state index is 4.29. The highest BCUT2D eigenvalue weighted by Crippen LogP contribution is 2.09. The van der Waals surface area contributed by atoms with Gasteiger partial charge < -0.3 is 0 Å². The zero-order chi connectivity index (χ0) is 11.3. The van der Waals surface area contributed by atoms with Gasteiger partial charge in [0.05, 0.1) is 0 Å². The van der Waals surface area contributed by atoms with Crippen LogP contribution in [0, 0.1) is 5.92 Å². The van der Waals surface area contributed by atoms with Crippen molar-refractivity contribution in [3.8, 4) is 0 Å². The average Bonchev–Trinajstić information content (AvgIpc) is 2.64. The zero-order valence-corrected chi connectivity index (χ0v) is 9.94. The summed E-state index contributed by atoms with van der Waals surface area (Å²) >= 11 is 0. The van der Waals surface area contributed by atoms with Crippen LogP contribution in [0.15, 0.2) is 24.8 Å². The van der Waals surface area contributed by atoms with Gasteiger partial charge in [-0.2, -0.15) is 0 Å². The minimum atomic E-state index is 0.653. The third kappa shape index (κ3) is 2.78. The van der Waals surface area contributed by atoms with E-state index >= 15 is 0 Å². The van der Waals surface area contributed by atoms with E-state index in [0.717, 1.165) is 12.1 Å². The lowest BCUT2D eigenvalue weighted by Gasteiger charge is -2.03. The van der Waals surface area contributed by atoms with Crippen LogP contribution >= 0.6 is 0 Å². The first-order chi connectivity index (χ1) is 7.27. The van der Waals surface area contributed by atoms with Crippen LogP contribution < -0.4 is 0 Å². The van der Waals surface area contributed by atoms with E-state index in [9.17, 15) is 0 Å². The van der Waals surface area contributed by atoms with Gasteiger partial charge in [0.15, 0.2) is 0 Å². The van der Waals surface area contributed by atoms with Crippen molar-refractivity contribution in [3.63, 3.8) is 0 Å². The molecule has 2 rings (SSSR count). The normalized spacial score (nSPS) is 10.2. The monoisotopic (exact) mass is 205 g/mol. The molecule has 2 aromatic rings. The van der Waals surface area contributed by atoms with Crippen LogP contribution in [0.5, 0.6) is 0 Å². The molecule has 3 heteroatoms. The Balaban J connectivity index is 0.000000531. The van der Waals surface area contributed by atoms with Gasteiger partial charge in [-0.1, -0.05) is 27.7 Å². The first kappa shape index (κ1) is 11.7. The van der Waals surface area contributed by atoms with Gasteiger partial charge in [-0.15, -0.1) is 0 Å². The van der Waals surface area contributed by atoms with E-state index in [-0.39, 0.29) is 0 Å². The summed E-state index contributed by atoms with van der Waals surface area (Å²) in [5.41, 5.74) is 2.21. The first-order valence-corrected chi connectivity index (χ1v) is 5.53. The van der Waals surface area contributed by atoms with Crippen molar-refractivity contribution in [1.82, 2.24) is 14.4 Å². The summed E-state index contributed by atoms with van der Waals surface area (Å²) in [4.78, 5) is 8.37. The van der Waals surface area contributed by atoms with Gasteiger partial charge >= 0.3 is 0 Å². The molecule has 0 spiro atoms. The van der Waals surface area contributed by atoms with Gasteiger partial charge in [-0.3, -0.25) is 4.40 Å². The molecule has 0 bridgehead atoms. The van der Waals surface area contributed by atoms with Crippen molar-refractivity contribution >= 4 is 5.65 Å². The van der Waals surface area contributed by atoms with E-state index in [1.54, 1.807) is 6.20 Å². The van der Waals surface area contributed by atoms with Crippen LogP contribution in [0.1, 0.15) is 33.4 Å². The van der Waals surface area contributed by atoms with Crippen molar-refractivity contribution in [3.05, 3.63) is 30.5 Å². The van der Waals surface area contributed by atoms with Gasteiger partial charge in [0.1, 0.15) is 12.0 Å². The van der Waals surface area contributed by atoms with Crippen molar-refractivity contribution in [1.29, 1.82) is 0 Å². The standard InChI is InChI=1S/C10H13N3.C2H6/c1-8(2)5-9-6-12-10-3-4-11-7-13(9)10;1-2/h3-4,6-8H,5H2,1-2H3;1-2H3. The van der Waals surface area contributed by atoms with Crippen LogP contribution in [0.25, 0.3) is 5.65 Å². The van der Waals surface area contributed by atoms with E-state index in [2.05, 4.69) is 23.8 Å². The quantitative estimate of drug-likeness (QED) is 0.754. The minimum Gasteiger partial charge on any atom is -0.287 e. The Bertz CT molecular complexity index is 404. The molecule has 0 saturated carbocycles. The fraction of sp³-hybridized carbons (Fsp3) is 0.500. The summed E-state index contributed by atoms with van der Waals surface area (Å²) in [5.74, 6) is 0.653. The Morgan fingerprint density at radius 1 is 1.33 bits per heavy atom. The van der Waals surface area contributed by atoms with Crippen molar-refractivity contribution in [2.45, 2.75) is 34.1 Å². The highest BCUT2D eigenvalue weighted by molar-refractivity contribution is 5.38. The molecule has 0 radical (unpaired) electrons. The molecule has 0 atom stereocenters. The van der Waals surface area contributed by atoms with Crippen LogP contribution in [0.3, 0.4) is 0 Å². The molecule has 3 nitrogen and oxygen atoms in total. The summed E-state index contributed by atoms with van der Waals surface area (Å²) in [6, 6.07) is 1.92. The molecule has 0 aliphatic rings. The number of hydrogen-bond donors (Lipinski definition) is 0. The summed E-state index contributed by atoms with van der Waals surface area (Å²) in [6.07, 6.45) is 6.56. The molecule has 2 aromatic heterocycles. The molecule has 0 unspecified atom stereocenters. The molecule has 2 heterocycles. The molecule has 0 saturated heterocycles. The average molecular weight is 205 g/mol. The smallest absolute Gasteiger partial charge is 0.139 e. The fourth-order valence-electron chi connectivity index (χ4n) is 1.45. The van der Waals surface area contributed by atoms with Gasteiger partial charge in [-0.25, -0.2) is 9.97 Å². The van der Waals surface area contributed by atoms with Crippen LogP contribution in [0.2, 0.25) is 0 Å². The number of rotatable bonds is 2. The second-order valence-electron chi connectivity index (χ2n) is 3.66. The fourth-order valence-corrected chi connectivity index (χ4v) is 1.45. The molecule has 82 valence electrons. The van der Waals surface area contributed by atoms with Gasteiger partial charge in [0, 0.05) is 18.1 Å². The lowest BCUT2D eigenvalue weighted by Crippen LogP contribution is -1.98. The third-order valence-electron chi connectivity index (χ3n) is 2.01. The number of nitrogens with zero attached hydrogens (tertiary/aromatic N) is 3. The molecule has 0 amide bonds. The highest BCUT2D eigenvalue weighted by atomic mass is 15.0. The number of hydrogen-bond acceptors (Lipinski definition) is 2. The van der Waals surface area contributed by atoms with Crippen molar-refractivity contribution in [2.75, 3.05) is 0 Å². The second kappa shape index (κ2) is 5.49. The van der Waals surface area contributed by atoms with E-state index in [4.69, 9.17) is 0 Å². The Hall–Kier alpha value is -1.38. The van der Waals surface area contributed by atoms with E-state index in [1.807, 2.05) is 36.8 Å². The molecule has 0 aromatic carbocycles. The molecule has 0 fully saturated rings. The van der Waals surface area contributed by atoms with E-state index < -0.39 is 0 Å². The molecular weight excluding hydrogens is 186 g/mol. The van der Waals surface area contributed by atoms with E-state index in [0.29, 0.717) is 5.92 Å². The van der Waals surface area contributed by atoms with Gasteiger partial charge in [-0.05, 0) is 18.4 Å². The number of fused-ring (bicyclic) bond motifs is 1. The van der Waals surface area contributed by atoms with Crippen LogP contribution in [-0.4, -0.2) is 14.4 Å². The molecule has 0 aliphatic carbocycles. The maximum Gasteiger partial charge on any atom is 0.139 e. The van der Waals surface area contributed by atoms with Crippen molar-refractivity contribution in [2.24, 2.45) is 5.92 Å². The summed E-state index contributed by atoms with van der Waals surface area (Å²) < 4.78 is 2.04. The number of imidazole rings is 1. The SMILES string of the molecule is CC.CC(C)Cc1cnc2ccncn12. The maximum atomic E-state index is 4.29. The summed E-state index contributed by atoms with van der Waals surface area (Å²) in [7, 11) is 0. The largest absolute Gasteiger partial charge is 0.287 e.